The molecule has 1 unspecified atom stereocenters. The van der Waals surface area contributed by atoms with Gasteiger partial charge in [0.05, 0.1) is 11.4 Å². The Morgan fingerprint density at radius 3 is 2.61 bits per heavy atom. The third kappa shape index (κ3) is 5.40. The summed E-state index contributed by atoms with van der Waals surface area (Å²) in [6.45, 7) is 11.3. The fourth-order valence-electron chi connectivity index (χ4n) is 4.63. The van der Waals surface area contributed by atoms with Crippen molar-refractivity contribution in [2.75, 3.05) is 32.4 Å². The van der Waals surface area contributed by atoms with Gasteiger partial charge in [-0.1, -0.05) is 30.9 Å². The molecule has 5 rings (SSSR count). The van der Waals surface area contributed by atoms with Crippen LogP contribution < -0.4 is 10.5 Å². The lowest BCUT2D eigenvalue weighted by Crippen LogP contribution is -2.26. The molecular formula is C30H35N7O. The topological polar surface area (TPSA) is 85.3 Å². The third-order valence-electron chi connectivity index (χ3n) is 7.13. The molecule has 0 aliphatic carbocycles. The number of hydrogen-bond acceptors (Lipinski definition) is 7. The Labute approximate surface area is 224 Å². The Hall–Kier alpha value is -4.17. The zero-order chi connectivity index (χ0) is 26.6. The van der Waals surface area contributed by atoms with Crippen molar-refractivity contribution in [3.05, 3.63) is 85.4 Å². The Kier molecular flexibility index (Phi) is 7.42. The van der Waals surface area contributed by atoms with Gasteiger partial charge in [0.1, 0.15) is 29.3 Å². The number of nitrogens with zero attached hydrogens (tertiary/aromatic N) is 6. The average Bonchev–Trinajstić information content (AvgIpc) is 3.56. The van der Waals surface area contributed by atoms with E-state index in [2.05, 4.69) is 59.4 Å². The molecule has 2 aromatic carbocycles. The summed E-state index contributed by atoms with van der Waals surface area (Å²) < 4.78 is 7.97. The van der Waals surface area contributed by atoms with Crippen molar-refractivity contribution in [1.82, 2.24) is 29.5 Å². The first-order chi connectivity index (χ1) is 18.4. The van der Waals surface area contributed by atoms with Gasteiger partial charge in [0.2, 0.25) is 0 Å². The van der Waals surface area contributed by atoms with Crippen LogP contribution in [0.3, 0.4) is 0 Å². The van der Waals surface area contributed by atoms with E-state index in [1.54, 1.807) is 0 Å². The normalized spacial score (nSPS) is 15.8. The Balaban J connectivity index is 1.36. The van der Waals surface area contributed by atoms with Crippen molar-refractivity contribution in [1.29, 1.82) is 0 Å². The van der Waals surface area contributed by atoms with Gasteiger partial charge in [0.15, 0.2) is 5.65 Å². The number of nitrogen functional groups attached to an aromatic ring is 1. The fourth-order valence-corrected chi connectivity index (χ4v) is 4.63. The summed E-state index contributed by atoms with van der Waals surface area (Å²) in [6, 6.07) is 18.3. The number of ether oxygens (including phenoxy) is 1. The molecule has 4 aromatic rings. The first-order valence-electron chi connectivity index (χ1n) is 13.0. The minimum absolute atomic E-state index is 0.157. The van der Waals surface area contributed by atoms with Crippen LogP contribution >= 0.6 is 0 Å². The van der Waals surface area contributed by atoms with Crippen LogP contribution in [-0.2, 0) is 0 Å². The number of benzene rings is 2. The maximum atomic E-state index is 6.35. The highest BCUT2D eigenvalue weighted by atomic mass is 16.5. The van der Waals surface area contributed by atoms with E-state index in [9.17, 15) is 0 Å². The first kappa shape index (κ1) is 25.5. The lowest BCUT2D eigenvalue weighted by atomic mass is 10.1. The quantitative estimate of drug-likeness (QED) is 0.297. The van der Waals surface area contributed by atoms with Crippen molar-refractivity contribution >= 4 is 16.9 Å². The SMILES string of the molecule is C=C(/C=C/CN(C)C(C)C)N1CCC(n2nc(-c3ccc(Oc4ccccc4)cc3)c3c(N)ncnc32)C1. The molecule has 1 atom stereocenters. The number of likely N-dealkylation sites (N-methyl/N-ethyl adjacent to an activating group) is 1. The zero-order valence-electron chi connectivity index (χ0n) is 22.3. The predicted molar refractivity (Wildman–Crippen MR) is 153 cm³/mol. The molecule has 0 bridgehead atoms. The zero-order valence-corrected chi connectivity index (χ0v) is 22.3. The van der Waals surface area contributed by atoms with Crippen LogP contribution in [0.5, 0.6) is 11.5 Å². The van der Waals surface area contributed by atoms with Gasteiger partial charge in [-0.05, 0) is 69.8 Å². The summed E-state index contributed by atoms with van der Waals surface area (Å²) in [6.07, 6.45) is 6.75. The van der Waals surface area contributed by atoms with Gasteiger partial charge in [0, 0.05) is 36.9 Å². The smallest absolute Gasteiger partial charge is 0.164 e. The van der Waals surface area contributed by atoms with Crippen molar-refractivity contribution in [3.63, 3.8) is 0 Å². The number of anilines is 1. The lowest BCUT2D eigenvalue weighted by Gasteiger charge is -2.21. The van der Waals surface area contributed by atoms with Crippen LogP contribution in [0.1, 0.15) is 26.3 Å². The Morgan fingerprint density at radius 2 is 1.87 bits per heavy atom. The van der Waals surface area contributed by atoms with E-state index in [4.69, 9.17) is 15.6 Å². The fraction of sp³-hybridized carbons (Fsp3) is 0.300. The standard InChI is InChI=1S/C30H35N7O/c1-21(2)35(4)17-8-9-22(3)36-18-16-24(19-36)37-30-27(29(31)32-20-33-30)28(34-37)23-12-14-26(15-13-23)38-25-10-6-5-7-11-25/h5-15,20-21,24H,3,16-19H2,1-2,4H3,(H2,31,32,33)/b9-8+. The molecule has 8 nitrogen and oxygen atoms in total. The Morgan fingerprint density at radius 1 is 1.13 bits per heavy atom. The number of rotatable bonds is 9. The summed E-state index contributed by atoms with van der Waals surface area (Å²) in [7, 11) is 2.13. The van der Waals surface area contributed by atoms with Crippen LogP contribution in [-0.4, -0.2) is 62.3 Å². The van der Waals surface area contributed by atoms with Gasteiger partial charge in [0.25, 0.3) is 0 Å². The van der Waals surface area contributed by atoms with Crippen molar-refractivity contribution in [2.24, 2.45) is 0 Å². The van der Waals surface area contributed by atoms with Gasteiger partial charge in [-0.3, -0.25) is 0 Å². The van der Waals surface area contributed by atoms with E-state index in [1.165, 1.54) is 6.33 Å². The van der Waals surface area contributed by atoms with E-state index >= 15 is 0 Å². The summed E-state index contributed by atoms with van der Waals surface area (Å²) in [5, 5.41) is 5.80. The molecule has 8 heteroatoms. The number of nitrogens with two attached hydrogens (primary N) is 1. The van der Waals surface area contributed by atoms with Crippen LogP contribution in [0.15, 0.2) is 85.4 Å². The molecule has 0 saturated carbocycles. The van der Waals surface area contributed by atoms with Crippen LogP contribution in [0.2, 0.25) is 0 Å². The minimum Gasteiger partial charge on any atom is -0.457 e. The van der Waals surface area contributed by atoms with Gasteiger partial charge < -0.3 is 20.3 Å². The highest BCUT2D eigenvalue weighted by molar-refractivity contribution is 5.98. The van der Waals surface area contributed by atoms with E-state index in [0.29, 0.717) is 11.9 Å². The van der Waals surface area contributed by atoms with Crippen LogP contribution in [0.4, 0.5) is 5.82 Å². The molecule has 1 fully saturated rings. The molecule has 1 aliphatic rings. The molecule has 1 aliphatic heterocycles. The number of fused-ring (bicyclic) bond motifs is 1. The summed E-state index contributed by atoms with van der Waals surface area (Å²) >= 11 is 0. The highest BCUT2D eigenvalue weighted by Gasteiger charge is 2.28. The van der Waals surface area contributed by atoms with E-state index in [1.807, 2.05) is 59.3 Å². The van der Waals surface area contributed by atoms with Gasteiger partial charge in [-0.2, -0.15) is 5.10 Å². The van der Waals surface area contributed by atoms with Gasteiger partial charge >= 0.3 is 0 Å². The number of allylic oxidation sites excluding steroid dienone is 1. The van der Waals surface area contributed by atoms with Crippen LogP contribution in [0, 0.1) is 0 Å². The second kappa shape index (κ2) is 11.1. The van der Waals surface area contributed by atoms with E-state index < -0.39 is 0 Å². The number of hydrogen-bond donors (Lipinski definition) is 1. The minimum atomic E-state index is 0.157. The molecule has 3 heterocycles. The van der Waals surface area contributed by atoms with E-state index in [-0.39, 0.29) is 6.04 Å². The molecule has 1 saturated heterocycles. The maximum absolute atomic E-state index is 6.35. The average molecular weight is 510 g/mol. The molecular weight excluding hydrogens is 474 g/mol. The highest BCUT2D eigenvalue weighted by Crippen LogP contribution is 2.35. The van der Waals surface area contributed by atoms with Crippen molar-refractivity contribution < 1.29 is 4.74 Å². The Bertz CT molecular complexity index is 1430. The van der Waals surface area contributed by atoms with Gasteiger partial charge in [-0.25, -0.2) is 14.6 Å². The number of likely N-dealkylation sites (tertiary alicyclic amines) is 1. The molecule has 0 radical (unpaired) electrons. The van der Waals surface area contributed by atoms with Crippen molar-refractivity contribution in [3.8, 4) is 22.8 Å². The third-order valence-corrected chi connectivity index (χ3v) is 7.13. The summed E-state index contributed by atoms with van der Waals surface area (Å²) in [5.74, 6) is 1.98. The second-order valence-electron chi connectivity index (χ2n) is 10.0. The maximum Gasteiger partial charge on any atom is 0.164 e. The largest absolute Gasteiger partial charge is 0.457 e. The number of aromatic nitrogens is 4. The molecule has 2 N–H and O–H groups in total. The number of para-hydroxylation sites is 1. The molecule has 38 heavy (non-hydrogen) atoms. The first-order valence-corrected chi connectivity index (χ1v) is 13.0. The predicted octanol–water partition coefficient (Wildman–Crippen LogP) is 5.52. The second-order valence-corrected chi connectivity index (χ2v) is 10.0. The lowest BCUT2D eigenvalue weighted by molar-refractivity contribution is 0.303. The van der Waals surface area contributed by atoms with Crippen molar-refractivity contribution in [2.45, 2.75) is 32.4 Å². The summed E-state index contributed by atoms with van der Waals surface area (Å²) in [4.78, 5) is 13.4. The van der Waals surface area contributed by atoms with Crippen LogP contribution in [0.25, 0.3) is 22.3 Å². The summed E-state index contributed by atoms with van der Waals surface area (Å²) in [5.41, 5.74) is 9.83. The molecule has 0 amide bonds. The van der Waals surface area contributed by atoms with Gasteiger partial charge in [-0.15, -0.1) is 0 Å². The molecule has 196 valence electrons. The molecule has 0 spiro atoms. The van der Waals surface area contributed by atoms with E-state index in [0.717, 1.165) is 65.5 Å². The molecule has 2 aromatic heterocycles. The monoisotopic (exact) mass is 509 g/mol.